The number of hydrogen-bond acceptors (Lipinski definition) is 4. The highest BCUT2D eigenvalue weighted by Crippen LogP contribution is 2.36. The van der Waals surface area contributed by atoms with Gasteiger partial charge in [-0.05, 0) is 60.4 Å². The lowest BCUT2D eigenvalue weighted by Crippen LogP contribution is -2.33. The van der Waals surface area contributed by atoms with Crippen LogP contribution < -0.4 is 10.2 Å². The zero-order valence-corrected chi connectivity index (χ0v) is 23.5. The molecule has 1 saturated heterocycles. The van der Waals surface area contributed by atoms with Gasteiger partial charge in [-0.15, -0.1) is 0 Å². The van der Waals surface area contributed by atoms with Crippen LogP contribution >= 0.6 is 0 Å². The SMILES string of the molecule is CNc1ccc(N(C)C)cc1.O=CN1CCCC(c2nc(-c3ccccc3-c3ccccc3)c3ccccn23)C1. The van der Waals surface area contributed by atoms with Crippen LogP contribution in [-0.2, 0) is 4.79 Å². The Morgan fingerprint density at radius 1 is 0.875 bits per heavy atom. The van der Waals surface area contributed by atoms with Crippen molar-refractivity contribution in [2.45, 2.75) is 18.8 Å². The Hall–Kier alpha value is -4.58. The maximum atomic E-state index is 11.3. The molecule has 6 rings (SSSR count). The lowest BCUT2D eigenvalue weighted by Gasteiger charge is -2.29. The Bertz CT molecular complexity index is 1540. The normalized spacial score (nSPS) is 14.8. The van der Waals surface area contributed by atoms with Gasteiger partial charge in [-0.3, -0.25) is 4.79 Å². The third-order valence-corrected chi connectivity index (χ3v) is 7.48. The molecule has 1 N–H and O–H groups in total. The molecule has 1 fully saturated rings. The van der Waals surface area contributed by atoms with Crippen molar-refractivity contribution in [2.24, 2.45) is 0 Å². The van der Waals surface area contributed by atoms with Crippen molar-refractivity contribution in [2.75, 3.05) is 44.4 Å². The van der Waals surface area contributed by atoms with Crippen LogP contribution in [0.2, 0.25) is 0 Å². The number of fused-ring (bicyclic) bond motifs is 1. The number of imidazole rings is 1. The largest absolute Gasteiger partial charge is 0.388 e. The molecule has 3 heterocycles. The van der Waals surface area contributed by atoms with E-state index in [4.69, 9.17) is 4.98 Å². The summed E-state index contributed by atoms with van der Waals surface area (Å²) in [7, 11) is 5.99. The number of amides is 1. The van der Waals surface area contributed by atoms with Crippen molar-refractivity contribution in [3.63, 3.8) is 0 Å². The second-order valence-corrected chi connectivity index (χ2v) is 10.3. The Kier molecular flexibility index (Phi) is 8.45. The van der Waals surface area contributed by atoms with E-state index in [9.17, 15) is 4.79 Å². The highest BCUT2D eigenvalue weighted by Gasteiger charge is 2.26. The number of carbonyl (C=O) groups is 1. The second kappa shape index (κ2) is 12.5. The topological polar surface area (TPSA) is 52.9 Å². The van der Waals surface area contributed by atoms with Crippen LogP contribution in [0.15, 0.2) is 103 Å². The van der Waals surface area contributed by atoms with Crippen LogP contribution in [0.5, 0.6) is 0 Å². The summed E-state index contributed by atoms with van der Waals surface area (Å²) in [5.74, 6) is 1.30. The van der Waals surface area contributed by atoms with Gasteiger partial charge in [-0.25, -0.2) is 4.98 Å². The third kappa shape index (κ3) is 5.86. The molecule has 6 nitrogen and oxygen atoms in total. The number of pyridine rings is 1. The van der Waals surface area contributed by atoms with Crippen LogP contribution in [0.1, 0.15) is 24.6 Å². The van der Waals surface area contributed by atoms with Crippen LogP contribution in [0.25, 0.3) is 27.9 Å². The molecule has 40 heavy (non-hydrogen) atoms. The molecule has 0 bridgehead atoms. The van der Waals surface area contributed by atoms with E-state index in [0.29, 0.717) is 0 Å². The van der Waals surface area contributed by atoms with Gasteiger partial charge in [-0.1, -0.05) is 60.7 Å². The summed E-state index contributed by atoms with van der Waals surface area (Å²) in [6.45, 7) is 1.57. The minimum Gasteiger partial charge on any atom is -0.388 e. The number of nitrogens with zero attached hydrogens (tertiary/aromatic N) is 4. The highest BCUT2D eigenvalue weighted by atomic mass is 16.1. The van der Waals surface area contributed by atoms with Gasteiger partial charge < -0.3 is 19.5 Å². The first-order valence-corrected chi connectivity index (χ1v) is 13.9. The fourth-order valence-corrected chi connectivity index (χ4v) is 5.35. The Morgan fingerprint density at radius 2 is 1.57 bits per heavy atom. The van der Waals surface area contributed by atoms with E-state index in [2.05, 4.69) is 106 Å². The molecule has 1 amide bonds. The summed E-state index contributed by atoms with van der Waals surface area (Å²) in [5, 5.41) is 3.07. The lowest BCUT2D eigenvalue weighted by molar-refractivity contribution is -0.119. The van der Waals surface area contributed by atoms with E-state index >= 15 is 0 Å². The summed E-state index contributed by atoms with van der Waals surface area (Å²) in [4.78, 5) is 20.4. The molecule has 204 valence electrons. The van der Waals surface area contributed by atoms with Gasteiger partial charge in [0.15, 0.2) is 0 Å². The Labute approximate surface area is 236 Å². The number of benzene rings is 3. The van der Waals surface area contributed by atoms with Gasteiger partial charge in [0, 0.05) is 63.3 Å². The molecule has 5 aromatic rings. The van der Waals surface area contributed by atoms with E-state index in [1.54, 1.807) is 0 Å². The van der Waals surface area contributed by atoms with Crippen molar-refractivity contribution in [3.05, 3.63) is 109 Å². The predicted octanol–water partition coefficient (Wildman–Crippen LogP) is 6.80. The molecule has 1 atom stereocenters. The molecule has 0 radical (unpaired) electrons. The first-order chi connectivity index (χ1) is 19.6. The summed E-state index contributed by atoms with van der Waals surface area (Å²) in [6, 6.07) is 33.5. The average molecular weight is 532 g/mol. The van der Waals surface area contributed by atoms with E-state index < -0.39 is 0 Å². The maximum Gasteiger partial charge on any atom is 0.209 e. The number of likely N-dealkylation sites (tertiary alicyclic amines) is 1. The van der Waals surface area contributed by atoms with Crippen LogP contribution in [-0.4, -0.2) is 54.9 Å². The van der Waals surface area contributed by atoms with E-state index in [0.717, 1.165) is 60.6 Å². The monoisotopic (exact) mass is 531 g/mol. The molecule has 6 heteroatoms. The average Bonchev–Trinajstić information content (AvgIpc) is 3.41. The van der Waals surface area contributed by atoms with Crippen molar-refractivity contribution < 1.29 is 4.79 Å². The smallest absolute Gasteiger partial charge is 0.209 e. The van der Waals surface area contributed by atoms with Crippen LogP contribution in [0.3, 0.4) is 0 Å². The fraction of sp³-hybridized carbons (Fsp3) is 0.235. The molecular formula is C34H37N5O. The minimum absolute atomic E-state index is 0.251. The minimum atomic E-state index is 0.251. The van der Waals surface area contributed by atoms with Crippen molar-refractivity contribution in [1.29, 1.82) is 0 Å². The van der Waals surface area contributed by atoms with E-state index in [1.165, 1.54) is 16.8 Å². The van der Waals surface area contributed by atoms with Crippen LogP contribution in [0.4, 0.5) is 11.4 Å². The molecule has 1 aliphatic rings. The van der Waals surface area contributed by atoms with Gasteiger partial charge in [0.1, 0.15) is 5.82 Å². The number of hydrogen-bond donors (Lipinski definition) is 1. The first kappa shape index (κ1) is 27.0. The van der Waals surface area contributed by atoms with E-state index in [-0.39, 0.29) is 5.92 Å². The van der Waals surface area contributed by atoms with Gasteiger partial charge in [-0.2, -0.15) is 0 Å². The third-order valence-electron chi connectivity index (χ3n) is 7.48. The predicted molar refractivity (Wildman–Crippen MR) is 166 cm³/mol. The summed E-state index contributed by atoms with van der Waals surface area (Å²) in [6.07, 6.45) is 5.12. The molecule has 0 saturated carbocycles. The molecule has 0 aliphatic carbocycles. The lowest BCUT2D eigenvalue weighted by atomic mass is 9.97. The number of rotatable bonds is 6. The molecule has 1 unspecified atom stereocenters. The van der Waals surface area contributed by atoms with Gasteiger partial charge in [0.25, 0.3) is 0 Å². The zero-order valence-electron chi connectivity index (χ0n) is 23.5. The van der Waals surface area contributed by atoms with Crippen molar-refractivity contribution in [3.8, 4) is 22.4 Å². The summed E-state index contributed by atoms with van der Waals surface area (Å²) >= 11 is 0. The molecule has 1 aliphatic heterocycles. The van der Waals surface area contributed by atoms with Crippen molar-refractivity contribution >= 4 is 23.3 Å². The number of aromatic nitrogens is 2. The molecule has 2 aromatic heterocycles. The second-order valence-electron chi connectivity index (χ2n) is 10.3. The number of carbonyl (C=O) groups excluding carboxylic acids is 1. The highest BCUT2D eigenvalue weighted by molar-refractivity contribution is 5.89. The van der Waals surface area contributed by atoms with Gasteiger partial charge in [0.05, 0.1) is 11.2 Å². The number of piperidine rings is 1. The summed E-state index contributed by atoms with van der Waals surface area (Å²) < 4.78 is 2.20. The van der Waals surface area contributed by atoms with E-state index in [1.807, 2.05) is 38.2 Å². The fourth-order valence-electron chi connectivity index (χ4n) is 5.35. The Balaban J connectivity index is 0.000000248. The molecule has 3 aromatic carbocycles. The summed E-state index contributed by atoms with van der Waals surface area (Å²) in [5.41, 5.74) is 7.99. The van der Waals surface area contributed by atoms with Gasteiger partial charge >= 0.3 is 0 Å². The number of nitrogens with one attached hydrogen (secondary N) is 1. The Morgan fingerprint density at radius 3 is 2.27 bits per heavy atom. The zero-order chi connectivity index (χ0) is 27.9. The molecule has 0 spiro atoms. The first-order valence-electron chi connectivity index (χ1n) is 13.9. The molecular weight excluding hydrogens is 494 g/mol. The quantitative estimate of drug-likeness (QED) is 0.245. The van der Waals surface area contributed by atoms with Gasteiger partial charge in [0.2, 0.25) is 6.41 Å². The van der Waals surface area contributed by atoms with Crippen LogP contribution in [0, 0.1) is 0 Å². The standard InChI is InChI=1S/C25H23N3O.C9H14N2/c29-18-27-15-8-11-20(17-27)25-26-24(23-14-6-7-16-28(23)25)22-13-5-4-12-21(22)19-9-2-1-3-10-19;1-10-8-4-6-9(7-5-8)11(2)3/h1-7,9-10,12-14,16,18,20H,8,11,15,17H2;4-7,10H,1-3H3. The maximum absolute atomic E-state index is 11.3. The van der Waals surface area contributed by atoms with Crippen molar-refractivity contribution in [1.82, 2.24) is 14.3 Å². The number of anilines is 2.